The number of thioether (sulfide) groups is 1. The van der Waals surface area contributed by atoms with Crippen molar-refractivity contribution in [2.24, 2.45) is 0 Å². The third-order valence-electron chi connectivity index (χ3n) is 5.64. The topological polar surface area (TPSA) is 73.1 Å². The number of hydrogen-bond acceptors (Lipinski definition) is 7. The van der Waals surface area contributed by atoms with Gasteiger partial charge in [-0.3, -0.25) is 0 Å². The number of benzene rings is 3. The second-order valence-electron chi connectivity index (χ2n) is 8.03. The molecule has 0 fully saturated rings. The van der Waals surface area contributed by atoms with Crippen LogP contribution in [0.15, 0.2) is 94.5 Å². The minimum absolute atomic E-state index is 0.268. The Hall–Kier alpha value is -3.88. The molecule has 0 saturated carbocycles. The van der Waals surface area contributed by atoms with Crippen molar-refractivity contribution in [1.82, 2.24) is 15.2 Å². The minimum Gasteiger partial charge on any atom is -0.455 e. The highest BCUT2D eigenvalue weighted by molar-refractivity contribution is 7.98. The van der Waals surface area contributed by atoms with E-state index in [0.29, 0.717) is 44.6 Å². The average Bonchev–Trinajstić information content (AvgIpc) is 3.33. The summed E-state index contributed by atoms with van der Waals surface area (Å²) in [5.41, 5.74) is 3.56. The first kappa shape index (κ1) is 22.6. The van der Waals surface area contributed by atoms with Crippen molar-refractivity contribution in [3.8, 4) is 28.5 Å². The Labute approximate surface area is 215 Å². The van der Waals surface area contributed by atoms with Gasteiger partial charge in [0, 0.05) is 27.6 Å². The number of nitrogens with zero attached hydrogens (tertiary/aromatic N) is 3. The molecule has 1 N–H and O–H groups in total. The number of para-hydroxylation sites is 1. The van der Waals surface area contributed by atoms with Gasteiger partial charge in [0.2, 0.25) is 17.3 Å². The van der Waals surface area contributed by atoms with Crippen molar-refractivity contribution in [2.75, 3.05) is 5.32 Å². The molecule has 6 rings (SSSR count). The van der Waals surface area contributed by atoms with E-state index in [1.54, 1.807) is 18.2 Å². The lowest BCUT2D eigenvalue weighted by Crippen LogP contribution is -2.16. The maximum absolute atomic E-state index is 14.0. The van der Waals surface area contributed by atoms with E-state index >= 15 is 0 Å². The van der Waals surface area contributed by atoms with E-state index in [2.05, 4.69) is 20.5 Å². The fourth-order valence-electron chi connectivity index (χ4n) is 3.89. The molecule has 0 aliphatic carbocycles. The predicted molar refractivity (Wildman–Crippen MR) is 137 cm³/mol. The first-order valence-electron chi connectivity index (χ1n) is 11.1. The van der Waals surface area contributed by atoms with E-state index in [9.17, 15) is 4.39 Å². The Kier molecular flexibility index (Phi) is 6.04. The van der Waals surface area contributed by atoms with Crippen LogP contribution in [0.2, 0.25) is 5.02 Å². The van der Waals surface area contributed by atoms with E-state index in [1.165, 1.54) is 17.8 Å². The first-order chi connectivity index (χ1) is 17.6. The van der Waals surface area contributed by atoms with Crippen LogP contribution < -0.4 is 10.1 Å². The number of ether oxygens (including phenoxy) is 1. The number of rotatable bonds is 5. The Morgan fingerprint density at radius 2 is 1.81 bits per heavy atom. The fourth-order valence-corrected chi connectivity index (χ4v) is 4.84. The molecule has 1 aliphatic rings. The highest BCUT2D eigenvalue weighted by Crippen LogP contribution is 2.40. The van der Waals surface area contributed by atoms with Crippen molar-refractivity contribution >= 4 is 29.1 Å². The Balaban J connectivity index is 1.33. The molecule has 0 amide bonds. The summed E-state index contributed by atoms with van der Waals surface area (Å²) in [4.78, 5) is 4.61. The minimum atomic E-state index is -0.665. The van der Waals surface area contributed by atoms with E-state index in [0.717, 1.165) is 16.8 Å². The number of anilines is 1. The number of halogens is 2. The molecule has 1 atom stereocenters. The van der Waals surface area contributed by atoms with E-state index in [-0.39, 0.29) is 5.82 Å². The normalized spacial score (nSPS) is 14.2. The predicted octanol–water partition coefficient (Wildman–Crippen LogP) is 7.39. The Bertz CT molecular complexity index is 1560. The zero-order valence-electron chi connectivity index (χ0n) is 18.7. The number of hydrogen-bond donors (Lipinski definition) is 1. The van der Waals surface area contributed by atoms with Crippen molar-refractivity contribution in [3.05, 3.63) is 107 Å². The van der Waals surface area contributed by atoms with Gasteiger partial charge in [-0.2, -0.15) is 4.98 Å². The van der Waals surface area contributed by atoms with Gasteiger partial charge < -0.3 is 14.5 Å². The molecular formula is C27H18ClFN4O2S. The molecule has 6 nitrogen and oxygen atoms in total. The molecule has 36 heavy (non-hydrogen) atoms. The Morgan fingerprint density at radius 1 is 0.944 bits per heavy atom. The highest BCUT2D eigenvalue weighted by Gasteiger charge is 2.28. The second kappa shape index (κ2) is 9.64. The summed E-state index contributed by atoms with van der Waals surface area (Å²) < 4.78 is 26.5. The zero-order chi connectivity index (χ0) is 24.5. The summed E-state index contributed by atoms with van der Waals surface area (Å²) in [6.07, 6.45) is -0.665. The monoisotopic (exact) mass is 516 g/mol. The standard InChI is InChI=1S/C27H18ClFN4O2S/c28-18-8-5-7-16(14-18)22-12-13-23(34-22)25-30-21-11-4-2-9-19(21)24-26(35-25)31-27(33-32-24)36-15-17-6-1-3-10-20(17)29/h1-14,25,30H,15H2. The molecule has 3 heterocycles. The zero-order valence-corrected chi connectivity index (χ0v) is 20.3. The molecule has 0 saturated heterocycles. The maximum atomic E-state index is 14.0. The van der Waals surface area contributed by atoms with Crippen LogP contribution in [0.1, 0.15) is 17.6 Å². The number of fused-ring (bicyclic) bond motifs is 3. The molecule has 5 aromatic rings. The van der Waals surface area contributed by atoms with E-state index in [4.69, 9.17) is 20.8 Å². The van der Waals surface area contributed by atoms with Gasteiger partial charge in [0.25, 0.3) is 0 Å². The lowest BCUT2D eigenvalue weighted by molar-refractivity contribution is 0.196. The van der Waals surface area contributed by atoms with Crippen molar-refractivity contribution < 1.29 is 13.5 Å². The third-order valence-corrected chi connectivity index (χ3v) is 6.76. The van der Waals surface area contributed by atoms with Gasteiger partial charge in [-0.1, -0.05) is 71.9 Å². The molecule has 0 bridgehead atoms. The lowest BCUT2D eigenvalue weighted by Gasteiger charge is -2.16. The summed E-state index contributed by atoms with van der Waals surface area (Å²) in [5.74, 6) is 1.64. The summed E-state index contributed by atoms with van der Waals surface area (Å²) in [6, 6.07) is 25.5. The van der Waals surface area contributed by atoms with Crippen LogP contribution >= 0.6 is 23.4 Å². The molecule has 0 radical (unpaired) electrons. The Morgan fingerprint density at radius 3 is 2.69 bits per heavy atom. The lowest BCUT2D eigenvalue weighted by atomic mass is 10.1. The summed E-state index contributed by atoms with van der Waals surface area (Å²) >= 11 is 7.44. The quantitative estimate of drug-likeness (QED) is 0.244. The molecule has 178 valence electrons. The number of furan rings is 1. The number of nitrogens with one attached hydrogen (secondary N) is 1. The maximum Gasteiger partial charge on any atom is 0.247 e. The first-order valence-corrected chi connectivity index (χ1v) is 12.5. The van der Waals surface area contributed by atoms with Crippen LogP contribution in [0.3, 0.4) is 0 Å². The van der Waals surface area contributed by atoms with Crippen molar-refractivity contribution in [2.45, 2.75) is 17.1 Å². The summed E-state index contributed by atoms with van der Waals surface area (Å²) in [7, 11) is 0. The molecule has 9 heteroatoms. The molecule has 1 unspecified atom stereocenters. The van der Waals surface area contributed by atoms with Gasteiger partial charge in [-0.05, 0) is 42.0 Å². The van der Waals surface area contributed by atoms with Crippen LogP contribution in [0.5, 0.6) is 5.88 Å². The SMILES string of the molecule is Fc1ccccc1CSc1nnc2c(n1)OC(c1ccc(-c3cccc(Cl)c3)o1)Nc1ccccc1-2. The van der Waals surface area contributed by atoms with Gasteiger partial charge in [0.1, 0.15) is 11.6 Å². The molecule has 1 aliphatic heterocycles. The molecule has 2 aromatic heterocycles. The van der Waals surface area contributed by atoms with Crippen LogP contribution in [0, 0.1) is 5.82 Å². The average molecular weight is 517 g/mol. The third kappa shape index (κ3) is 4.53. The van der Waals surface area contributed by atoms with Crippen LogP contribution in [-0.4, -0.2) is 15.2 Å². The van der Waals surface area contributed by atoms with Gasteiger partial charge in [0.05, 0.1) is 0 Å². The smallest absolute Gasteiger partial charge is 0.247 e. The largest absolute Gasteiger partial charge is 0.455 e. The summed E-state index contributed by atoms with van der Waals surface area (Å²) in [5, 5.41) is 13.1. The van der Waals surface area contributed by atoms with Gasteiger partial charge in [-0.25, -0.2) is 4.39 Å². The molecule has 3 aromatic carbocycles. The van der Waals surface area contributed by atoms with Crippen LogP contribution in [0.25, 0.3) is 22.6 Å². The molecular weight excluding hydrogens is 499 g/mol. The van der Waals surface area contributed by atoms with Gasteiger partial charge >= 0.3 is 0 Å². The van der Waals surface area contributed by atoms with Gasteiger partial charge in [-0.15, -0.1) is 10.2 Å². The second-order valence-corrected chi connectivity index (χ2v) is 9.41. The fraction of sp³-hybridized carbons (Fsp3) is 0.0741. The highest BCUT2D eigenvalue weighted by atomic mass is 35.5. The van der Waals surface area contributed by atoms with E-state index < -0.39 is 6.23 Å². The van der Waals surface area contributed by atoms with Crippen LogP contribution in [0.4, 0.5) is 10.1 Å². The van der Waals surface area contributed by atoms with Crippen LogP contribution in [-0.2, 0) is 5.75 Å². The van der Waals surface area contributed by atoms with E-state index in [1.807, 2.05) is 60.7 Å². The van der Waals surface area contributed by atoms with Gasteiger partial charge in [0.15, 0.2) is 11.5 Å². The van der Waals surface area contributed by atoms with Crippen molar-refractivity contribution in [3.63, 3.8) is 0 Å². The summed E-state index contributed by atoms with van der Waals surface area (Å²) in [6.45, 7) is 0. The number of aromatic nitrogens is 3. The molecule has 0 spiro atoms. The van der Waals surface area contributed by atoms with Crippen molar-refractivity contribution in [1.29, 1.82) is 0 Å².